The van der Waals surface area contributed by atoms with E-state index >= 15 is 0 Å². The van der Waals surface area contributed by atoms with Gasteiger partial charge in [0.1, 0.15) is 0 Å². The first-order chi connectivity index (χ1) is 6.25. The number of nitrogens with zero attached hydrogens (tertiary/aromatic N) is 1. The highest BCUT2D eigenvalue weighted by Gasteiger charge is 2.21. The Bertz CT molecular complexity index is 136. The summed E-state index contributed by atoms with van der Waals surface area (Å²) in [5.74, 6) is 6.22. The molecule has 1 aliphatic heterocycles. The van der Waals surface area contributed by atoms with Crippen LogP contribution in [0, 0.1) is 5.92 Å². The largest absolute Gasteiger partial charge is 0.258 e. The van der Waals surface area contributed by atoms with Gasteiger partial charge in [0, 0.05) is 12.6 Å². The molecular weight excluding hydrogens is 162 g/mol. The van der Waals surface area contributed by atoms with E-state index in [1.165, 1.54) is 32.1 Å². The van der Waals surface area contributed by atoms with Crippen molar-refractivity contribution in [1.82, 2.24) is 10.5 Å². The Labute approximate surface area is 81.6 Å². The lowest BCUT2D eigenvalue weighted by molar-refractivity contribution is 0.0745. The van der Waals surface area contributed by atoms with Crippen LogP contribution in [-0.4, -0.2) is 17.6 Å². The van der Waals surface area contributed by atoms with Crippen molar-refractivity contribution < 1.29 is 0 Å². The number of nitrogens with two attached hydrogens (primary N) is 1. The molecule has 0 aromatic heterocycles. The molecule has 3 heteroatoms. The summed E-state index contributed by atoms with van der Waals surface area (Å²) in [7, 11) is 0. The van der Waals surface area contributed by atoms with Gasteiger partial charge in [-0.25, -0.2) is 5.01 Å². The molecule has 1 unspecified atom stereocenters. The molecule has 0 saturated carbocycles. The smallest absolute Gasteiger partial charge is 0.0279 e. The summed E-state index contributed by atoms with van der Waals surface area (Å²) in [5.41, 5.74) is 2.84. The lowest BCUT2D eigenvalue weighted by Gasteiger charge is -2.34. The van der Waals surface area contributed by atoms with Crippen molar-refractivity contribution >= 4 is 0 Å². The Morgan fingerprint density at radius 2 is 1.92 bits per heavy atom. The molecular formula is C10H23N3. The van der Waals surface area contributed by atoms with E-state index in [0.29, 0.717) is 12.0 Å². The highest BCUT2D eigenvalue weighted by molar-refractivity contribution is 4.73. The summed E-state index contributed by atoms with van der Waals surface area (Å²) < 4.78 is 0. The van der Waals surface area contributed by atoms with E-state index in [2.05, 4.69) is 24.4 Å². The molecule has 0 bridgehead atoms. The van der Waals surface area contributed by atoms with Gasteiger partial charge in [0.05, 0.1) is 0 Å². The van der Waals surface area contributed by atoms with Crippen molar-refractivity contribution in [2.24, 2.45) is 11.8 Å². The van der Waals surface area contributed by atoms with Crippen LogP contribution in [0.15, 0.2) is 0 Å². The highest BCUT2D eigenvalue weighted by Crippen LogP contribution is 2.20. The van der Waals surface area contributed by atoms with Gasteiger partial charge in [-0.2, -0.15) is 5.53 Å². The monoisotopic (exact) mass is 185 g/mol. The van der Waals surface area contributed by atoms with Crippen molar-refractivity contribution in [3.63, 3.8) is 0 Å². The van der Waals surface area contributed by atoms with Gasteiger partial charge in [-0.3, -0.25) is 5.84 Å². The Morgan fingerprint density at radius 1 is 1.23 bits per heavy atom. The van der Waals surface area contributed by atoms with Gasteiger partial charge >= 0.3 is 0 Å². The number of rotatable bonds is 2. The van der Waals surface area contributed by atoms with E-state index in [9.17, 15) is 0 Å². The Balaban J connectivity index is 2.50. The highest BCUT2D eigenvalue weighted by atomic mass is 15.6. The maximum atomic E-state index is 5.53. The van der Waals surface area contributed by atoms with Gasteiger partial charge in [-0.1, -0.05) is 33.1 Å². The maximum absolute atomic E-state index is 5.53. The van der Waals surface area contributed by atoms with Gasteiger partial charge in [-0.15, -0.1) is 0 Å². The molecule has 0 radical (unpaired) electrons. The van der Waals surface area contributed by atoms with Gasteiger partial charge in [0.25, 0.3) is 0 Å². The van der Waals surface area contributed by atoms with Crippen LogP contribution in [0.5, 0.6) is 0 Å². The van der Waals surface area contributed by atoms with Crippen LogP contribution < -0.4 is 11.4 Å². The number of hydrazine groups is 2. The van der Waals surface area contributed by atoms with E-state index in [4.69, 9.17) is 5.84 Å². The second-order valence-corrected chi connectivity index (χ2v) is 4.34. The SMILES string of the molecule is CC(C)C1CCCCCCN1NN. The molecule has 0 amide bonds. The van der Waals surface area contributed by atoms with Crippen molar-refractivity contribution in [2.45, 2.75) is 52.0 Å². The van der Waals surface area contributed by atoms with Crippen LogP contribution in [0.2, 0.25) is 0 Å². The van der Waals surface area contributed by atoms with E-state index < -0.39 is 0 Å². The Kier molecular flexibility index (Phi) is 4.70. The minimum absolute atomic E-state index is 0.616. The van der Waals surface area contributed by atoms with Gasteiger partial charge in [-0.05, 0) is 18.8 Å². The number of hydrogen-bond donors (Lipinski definition) is 2. The molecule has 1 fully saturated rings. The molecule has 1 aliphatic rings. The third-order valence-corrected chi connectivity index (χ3v) is 2.98. The Hall–Kier alpha value is -0.120. The molecule has 13 heavy (non-hydrogen) atoms. The molecule has 0 spiro atoms. The van der Waals surface area contributed by atoms with E-state index in [1.807, 2.05) is 0 Å². The third-order valence-electron chi connectivity index (χ3n) is 2.98. The summed E-state index contributed by atoms with van der Waals surface area (Å²) in [6.45, 7) is 5.65. The summed E-state index contributed by atoms with van der Waals surface area (Å²) in [6, 6.07) is 0.616. The molecule has 1 atom stereocenters. The van der Waals surface area contributed by atoms with Crippen LogP contribution >= 0.6 is 0 Å². The summed E-state index contributed by atoms with van der Waals surface area (Å²) in [6.07, 6.45) is 6.64. The average molecular weight is 185 g/mol. The lowest BCUT2D eigenvalue weighted by Crippen LogP contribution is -2.52. The molecule has 78 valence electrons. The minimum atomic E-state index is 0.616. The van der Waals surface area contributed by atoms with Crippen LogP contribution in [0.1, 0.15) is 46.0 Å². The van der Waals surface area contributed by atoms with Crippen molar-refractivity contribution in [2.75, 3.05) is 6.54 Å². The van der Waals surface area contributed by atoms with E-state index in [-0.39, 0.29) is 0 Å². The topological polar surface area (TPSA) is 41.3 Å². The first kappa shape index (κ1) is 11.0. The van der Waals surface area contributed by atoms with Crippen molar-refractivity contribution in [3.8, 4) is 0 Å². The third kappa shape index (κ3) is 3.25. The zero-order valence-corrected chi connectivity index (χ0v) is 8.92. The first-order valence-corrected chi connectivity index (χ1v) is 5.48. The van der Waals surface area contributed by atoms with Crippen LogP contribution in [0.4, 0.5) is 0 Å². The molecule has 0 aromatic rings. The van der Waals surface area contributed by atoms with Gasteiger partial charge < -0.3 is 0 Å². The first-order valence-electron chi connectivity index (χ1n) is 5.48. The fourth-order valence-electron chi connectivity index (χ4n) is 2.16. The summed E-state index contributed by atoms with van der Waals surface area (Å²) >= 11 is 0. The predicted molar refractivity (Wildman–Crippen MR) is 55.7 cm³/mol. The second kappa shape index (κ2) is 5.58. The normalized spacial score (nSPS) is 27.2. The van der Waals surface area contributed by atoms with Crippen LogP contribution in [-0.2, 0) is 0 Å². The molecule has 3 N–H and O–H groups in total. The van der Waals surface area contributed by atoms with Crippen molar-refractivity contribution in [1.29, 1.82) is 0 Å². The van der Waals surface area contributed by atoms with E-state index in [1.54, 1.807) is 0 Å². The average Bonchev–Trinajstić information content (AvgIpc) is 2.03. The molecule has 0 aromatic carbocycles. The predicted octanol–water partition coefficient (Wildman–Crippen LogP) is 1.66. The zero-order chi connectivity index (χ0) is 9.68. The molecule has 1 rings (SSSR count). The fourth-order valence-corrected chi connectivity index (χ4v) is 2.16. The maximum Gasteiger partial charge on any atom is 0.0279 e. The molecule has 1 heterocycles. The van der Waals surface area contributed by atoms with Crippen molar-refractivity contribution in [3.05, 3.63) is 0 Å². The summed E-state index contributed by atoms with van der Waals surface area (Å²) in [4.78, 5) is 0. The zero-order valence-electron chi connectivity index (χ0n) is 8.92. The van der Waals surface area contributed by atoms with Gasteiger partial charge in [0.15, 0.2) is 0 Å². The lowest BCUT2D eigenvalue weighted by atomic mass is 9.95. The minimum Gasteiger partial charge on any atom is -0.258 e. The number of hydrogen-bond acceptors (Lipinski definition) is 3. The molecule has 1 saturated heterocycles. The number of nitrogens with one attached hydrogen (secondary N) is 1. The molecule has 0 aliphatic carbocycles. The fraction of sp³-hybridized carbons (Fsp3) is 1.00. The quantitative estimate of drug-likeness (QED) is 0.508. The van der Waals surface area contributed by atoms with Gasteiger partial charge in [0.2, 0.25) is 0 Å². The standard InChI is InChI=1S/C10H23N3/c1-9(2)10-7-5-3-4-6-8-13(10)12-11/h9-10,12H,3-8,11H2,1-2H3. The van der Waals surface area contributed by atoms with E-state index in [0.717, 1.165) is 6.54 Å². The van der Waals surface area contributed by atoms with Crippen LogP contribution in [0.3, 0.4) is 0 Å². The Morgan fingerprint density at radius 3 is 2.54 bits per heavy atom. The molecule has 3 nitrogen and oxygen atoms in total. The second-order valence-electron chi connectivity index (χ2n) is 4.34. The van der Waals surface area contributed by atoms with Crippen LogP contribution in [0.25, 0.3) is 0 Å². The summed E-state index contributed by atoms with van der Waals surface area (Å²) in [5, 5.41) is 2.21.